The van der Waals surface area contributed by atoms with Gasteiger partial charge in [0.25, 0.3) is 0 Å². The fourth-order valence-electron chi connectivity index (χ4n) is 5.39. The summed E-state index contributed by atoms with van der Waals surface area (Å²) in [6, 6.07) is 22.3. The number of fused-ring (bicyclic) bond motifs is 1. The molecule has 3 aromatic rings. The fraction of sp³-hybridized carbons (Fsp3) is 0.447. The van der Waals surface area contributed by atoms with Crippen LogP contribution in [0.15, 0.2) is 66.7 Å². The number of alkyl halides is 3. The third-order valence-corrected chi connectivity index (χ3v) is 8.06. The molecule has 2 unspecified atom stereocenters. The van der Waals surface area contributed by atoms with Gasteiger partial charge in [0.05, 0.1) is 12.5 Å². The SMILES string of the molecule is CCCCCCC#Cc1ccc(-c2ccc(COc3ccc4c(c3)CCC(C(=O)OC(CCOCC)C(F)(F)F)C4)cc2)cc1. The number of rotatable bonds is 14. The maximum absolute atomic E-state index is 13.4. The van der Waals surface area contributed by atoms with E-state index >= 15 is 0 Å². The van der Waals surface area contributed by atoms with Crippen molar-refractivity contribution < 1.29 is 32.2 Å². The number of hydrogen-bond acceptors (Lipinski definition) is 4. The first-order valence-corrected chi connectivity index (χ1v) is 16.0. The second kappa shape index (κ2) is 17.1. The van der Waals surface area contributed by atoms with Gasteiger partial charge in [-0.25, -0.2) is 0 Å². The average molecular weight is 621 g/mol. The molecule has 0 saturated heterocycles. The van der Waals surface area contributed by atoms with Crippen LogP contribution < -0.4 is 4.74 Å². The molecule has 4 rings (SSSR count). The lowest BCUT2D eigenvalue weighted by atomic mass is 9.84. The predicted octanol–water partition coefficient (Wildman–Crippen LogP) is 9.26. The summed E-state index contributed by atoms with van der Waals surface area (Å²) in [5.41, 5.74) is 6.29. The Bertz CT molecular complexity index is 1420. The molecule has 1 aliphatic rings. The zero-order valence-corrected chi connectivity index (χ0v) is 26.3. The molecule has 0 fully saturated rings. The standard InChI is InChI=1S/C38H43F3O4/c1-3-5-6-7-8-9-10-28-11-15-30(16-12-28)31-17-13-29(14-18-31)27-44-35-22-21-32-25-34(20-19-33(32)26-35)37(42)45-36(38(39,40)41)23-24-43-4-2/h11-18,21-22,26,34,36H,3-8,19-20,23-25,27H2,1-2H3. The molecule has 2 atom stereocenters. The quantitative estimate of drug-likeness (QED) is 0.102. The molecular weight excluding hydrogens is 577 g/mol. The van der Waals surface area contributed by atoms with Crippen molar-refractivity contribution in [2.45, 2.75) is 90.5 Å². The first-order chi connectivity index (χ1) is 21.8. The Kier molecular flexibility index (Phi) is 12.9. The number of hydrogen-bond donors (Lipinski definition) is 0. The zero-order valence-electron chi connectivity index (χ0n) is 26.3. The molecule has 1 aliphatic carbocycles. The maximum Gasteiger partial charge on any atom is 0.425 e. The Balaban J connectivity index is 1.26. The van der Waals surface area contributed by atoms with Gasteiger partial charge in [-0.1, -0.05) is 80.5 Å². The fourth-order valence-corrected chi connectivity index (χ4v) is 5.39. The summed E-state index contributed by atoms with van der Waals surface area (Å²) in [7, 11) is 0. The molecule has 0 bridgehead atoms. The van der Waals surface area contributed by atoms with E-state index in [9.17, 15) is 18.0 Å². The average Bonchev–Trinajstić information content (AvgIpc) is 3.04. The Morgan fingerprint density at radius 2 is 1.67 bits per heavy atom. The van der Waals surface area contributed by atoms with Gasteiger partial charge in [-0.3, -0.25) is 4.79 Å². The lowest BCUT2D eigenvalue weighted by Crippen LogP contribution is -2.37. The van der Waals surface area contributed by atoms with Gasteiger partial charge in [-0.2, -0.15) is 13.2 Å². The van der Waals surface area contributed by atoms with E-state index in [-0.39, 0.29) is 6.61 Å². The van der Waals surface area contributed by atoms with E-state index in [4.69, 9.17) is 14.2 Å². The number of halogens is 3. The van der Waals surface area contributed by atoms with Crippen LogP contribution in [0.1, 0.15) is 81.0 Å². The monoisotopic (exact) mass is 620 g/mol. The van der Waals surface area contributed by atoms with Crippen LogP contribution in [-0.2, 0) is 33.7 Å². The van der Waals surface area contributed by atoms with E-state index in [1.807, 2.05) is 18.2 Å². The minimum atomic E-state index is -4.63. The number of benzene rings is 3. The summed E-state index contributed by atoms with van der Waals surface area (Å²) in [5.74, 6) is 5.84. The normalized spacial score (nSPS) is 15.0. The number of ether oxygens (including phenoxy) is 3. The van der Waals surface area contributed by atoms with Crippen LogP contribution >= 0.6 is 0 Å². The lowest BCUT2D eigenvalue weighted by Gasteiger charge is -2.27. The summed E-state index contributed by atoms with van der Waals surface area (Å²) >= 11 is 0. The Labute approximate surface area is 265 Å². The van der Waals surface area contributed by atoms with Gasteiger partial charge in [0.15, 0.2) is 6.10 Å². The first-order valence-electron chi connectivity index (χ1n) is 16.0. The number of carbonyl (C=O) groups excluding carboxylic acids is 1. The summed E-state index contributed by atoms with van der Waals surface area (Å²) in [5, 5.41) is 0. The maximum atomic E-state index is 13.4. The predicted molar refractivity (Wildman–Crippen MR) is 171 cm³/mol. The molecule has 45 heavy (non-hydrogen) atoms. The smallest absolute Gasteiger partial charge is 0.425 e. The summed E-state index contributed by atoms with van der Waals surface area (Å²) in [6.45, 7) is 4.51. The molecule has 0 spiro atoms. The van der Waals surface area contributed by atoms with Gasteiger partial charge in [0.1, 0.15) is 12.4 Å². The van der Waals surface area contributed by atoms with E-state index in [1.165, 1.54) is 19.3 Å². The van der Waals surface area contributed by atoms with Gasteiger partial charge < -0.3 is 14.2 Å². The van der Waals surface area contributed by atoms with Crippen LogP contribution in [0.2, 0.25) is 0 Å². The second-order valence-corrected chi connectivity index (χ2v) is 11.5. The van der Waals surface area contributed by atoms with Gasteiger partial charge in [0.2, 0.25) is 0 Å². The summed E-state index contributed by atoms with van der Waals surface area (Å²) in [4.78, 5) is 12.6. The lowest BCUT2D eigenvalue weighted by molar-refractivity contribution is -0.227. The van der Waals surface area contributed by atoms with Crippen LogP contribution in [0.4, 0.5) is 13.2 Å². The van der Waals surface area contributed by atoms with Crippen molar-refractivity contribution in [3.8, 4) is 28.7 Å². The van der Waals surface area contributed by atoms with E-state index in [0.717, 1.165) is 46.2 Å². The molecule has 240 valence electrons. The highest BCUT2D eigenvalue weighted by atomic mass is 19.4. The Morgan fingerprint density at radius 1 is 0.933 bits per heavy atom. The Hall–Kier alpha value is -3.76. The molecule has 0 N–H and O–H groups in total. The zero-order chi connectivity index (χ0) is 32.1. The number of unbranched alkanes of at least 4 members (excludes halogenated alkanes) is 4. The van der Waals surface area contributed by atoms with E-state index in [0.29, 0.717) is 38.2 Å². The molecule has 3 aromatic carbocycles. The van der Waals surface area contributed by atoms with Crippen molar-refractivity contribution in [3.63, 3.8) is 0 Å². The molecule has 0 heterocycles. The van der Waals surface area contributed by atoms with Crippen molar-refractivity contribution in [1.82, 2.24) is 0 Å². The van der Waals surface area contributed by atoms with Crippen LogP contribution in [-0.4, -0.2) is 31.5 Å². The molecule has 4 nitrogen and oxygen atoms in total. The van der Waals surface area contributed by atoms with Crippen molar-refractivity contribution in [2.75, 3.05) is 13.2 Å². The van der Waals surface area contributed by atoms with Gasteiger partial charge in [-0.15, -0.1) is 0 Å². The molecular formula is C38H43F3O4. The van der Waals surface area contributed by atoms with Gasteiger partial charge in [-0.05, 0) is 84.7 Å². The Morgan fingerprint density at radius 3 is 2.36 bits per heavy atom. The third kappa shape index (κ3) is 10.7. The van der Waals surface area contributed by atoms with Crippen molar-refractivity contribution >= 4 is 5.97 Å². The second-order valence-electron chi connectivity index (χ2n) is 11.5. The van der Waals surface area contributed by atoms with Crippen LogP contribution in [0.3, 0.4) is 0 Å². The molecule has 0 radical (unpaired) electrons. The molecule has 0 aromatic heterocycles. The largest absolute Gasteiger partial charge is 0.489 e. The molecule has 0 amide bonds. The minimum absolute atomic E-state index is 0.114. The van der Waals surface area contributed by atoms with Crippen LogP contribution in [0.25, 0.3) is 11.1 Å². The van der Waals surface area contributed by atoms with E-state index in [2.05, 4.69) is 67.3 Å². The van der Waals surface area contributed by atoms with Crippen molar-refractivity contribution in [2.24, 2.45) is 5.92 Å². The van der Waals surface area contributed by atoms with E-state index in [1.54, 1.807) is 6.92 Å². The van der Waals surface area contributed by atoms with E-state index < -0.39 is 30.6 Å². The summed E-state index contributed by atoms with van der Waals surface area (Å²) < 4.78 is 56.2. The third-order valence-electron chi connectivity index (χ3n) is 8.06. The highest BCUT2D eigenvalue weighted by molar-refractivity contribution is 5.73. The topological polar surface area (TPSA) is 44.8 Å². The molecule has 7 heteroatoms. The highest BCUT2D eigenvalue weighted by Crippen LogP contribution is 2.32. The number of esters is 1. The first kappa shape index (κ1) is 34.1. The minimum Gasteiger partial charge on any atom is -0.489 e. The van der Waals surface area contributed by atoms with Crippen LogP contribution in [0.5, 0.6) is 5.75 Å². The highest BCUT2D eigenvalue weighted by Gasteiger charge is 2.43. The number of aryl methyl sites for hydroxylation is 1. The van der Waals surface area contributed by atoms with Crippen LogP contribution in [0, 0.1) is 17.8 Å². The molecule has 0 aliphatic heterocycles. The van der Waals surface area contributed by atoms with Crippen molar-refractivity contribution in [3.05, 3.63) is 89.0 Å². The van der Waals surface area contributed by atoms with Crippen molar-refractivity contribution in [1.29, 1.82) is 0 Å². The number of carbonyl (C=O) groups is 1. The molecule has 0 saturated carbocycles. The van der Waals surface area contributed by atoms with Gasteiger partial charge in [0, 0.05) is 25.0 Å². The van der Waals surface area contributed by atoms with Gasteiger partial charge >= 0.3 is 12.1 Å². The summed E-state index contributed by atoms with van der Waals surface area (Å²) in [6.07, 6.45) is 0.0168.